The van der Waals surface area contributed by atoms with E-state index in [1.54, 1.807) is 6.07 Å². The number of carboxylic acids is 1. The largest absolute Gasteiger partial charge is 0.573 e. The van der Waals surface area contributed by atoms with Crippen molar-refractivity contribution in [3.63, 3.8) is 0 Å². The standard InChI is InChI=1S/C20H17F3N2O4S2/c1-11-9-15(7-8-16(11)28-12(2)19(26)27)30-10-17-24-18(31-25-17)13-3-5-14(6-4-13)29-20(21,22)23/h3-9,12H,10H2,1-2H3,(H,26,27). The second-order valence-corrected chi connectivity index (χ2v) is 8.20. The Morgan fingerprint density at radius 2 is 1.94 bits per heavy atom. The molecule has 1 unspecified atom stereocenters. The molecule has 164 valence electrons. The van der Waals surface area contributed by atoms with Crippen LogP contribution in [0.1, 0.15) is 18.3 Å². The molecule has 0 aliphatic rings. The van der Waals surface area contributed by atoms with E-state index < -0.39 is 18.4 Å². The fraction of sp³-hybridized carbons (Fsp3) is 0.250. The lowest BCUT2D eigenvalue weighted by Gasteiger charge is -2.13. The van der Waals surface area contributed by atoms with Crippen LogP contribution in [0.25, 0.3) is 10.6 Å². The molecule has 2 aromatic carbocycles. The smallest absolute Gasteiger partial charge is 0.479 e. The van der Waals surface area contributed by atoms with E-state index in [9.17, 15) is 18.0 Å². The summed E-state index contributed by atoms with van der Waals surface area (Å²) in [6.07, 6.45) is -5.67. The van der Waals surface area contributed by atoms with Gasteiger partial charge in [0.1, 0.15) is 16.5 Å². The molecule has 0 radical (unpaired) electrons. The summed E-state index contributed by atoms with van der Waals surface area (Å²) in [6, 6.07) is 10.9. The first-order chi connectivity index (χ1) is 14.6. The van der Waals surface area contributed by atoms with Gasteiger partial charge in [-0.3, -0.25) is 0 Å². The molecule has 3 aromatic rings. The molecular formula is C20H17F3N2O4S2. The number of rotatable bonds is 8. The third kappa shape index (κ3) is 6.59. The Bertz CT molecular complexity index is 1060. The predicted octanol–water partition coefficient (Wildman–Crippen LogP) is 5.56. The highest BCUT2D eigenvalue weighted by atomic mass is 32.2. The number of carboxylic acid groups (broad SMARTS) is 1. The van der Waals surface area contributed by atoms with Crippen molar-refractivity contribution in [2.45, 2.75) is 37.0 Å². The third-order valence-corrected chi connectivity index (χ3v) is 5.76. The van der Waals surface area contributed by atoms with Gasteiger partial charge in [-0.25, -0.2) is 9.78 Å². The first-order valence-corrected chi connectivity index (χ1v) is 10.7. The zero-order valence-electron chi connectivity index (χ0n) is 16.3. The second-order valence-electron chi connectivity index (χ2n) is 6.40. The Hall–Kier alpha value is -2.79. The van der Waals surface area contributed by atoms with Gasteiger partial charge in [0.25, 0.3) is 0 Å². The molecule has 11 heteroatoms. The maximum Gasteiger partial charge on any atom is 0.573 e. The molecule has 0 aliphatic carbocycles. The second kappa shape index (κ2) is 9.56. The molecule has 3 rings (SSSR count). The zero-order valence-corrected chi connectivity index (χ0v) is 18.0. The molecule has 0 spiro atoms. The van der Waals surface area contributed by atoms with Crippen LogP contribution in [-0.2, 0) is 10.5 Å². The predicted molar refractivity (Wildman–Crippen MR) is 110 cm³/mol. The Kier molecular flexibility index (Phi) is 7.06. The van der Waals surface area contributed by atoms with E-state index >= 15 is 0 Å². The van der Waals surface area contributed by atoms with Crippen molar-refractivity contribution in [1.29, 1.82) is 0 Å². The summed E-state index contributed by atoms with van der Waals surface area (Å²) in [5.41, 5.74) is 1.46. The minimum absolute atomic E-state index is 0.294. The molecule has 0 saturated carbocycles. The number of hydrogen-bond acceptors (Lipinski definition) is 7. The van der Waals surface area contributed by atoms with Crippen molar-refractivity contribution in [2.75, 3.05) is 0 Å². The first kappa shape index (κ1) is 22.9. The van der Waals surface area contributed by atoms with Crippen LogP contribution in [0.15, 0.2) is 47.4 Å². The van der Waals surface area contributed by atoms with Gasteiger partial charge in [0.2, 0.25) is 0 Å². The quantitative estimate of drug-likeness (QED) is 0.432. The van der Waals surface area contributed by atoms with E-state index in [1.165, 1.54) is 43.0 Å². The Morgan fingerprint density at radius 3 is 2.55 bits per heavy atom. The molecule has 0 saturated heterocycles. The number of alkyl halides is 3. The lowest BCUT2D eigenvalue weighted by Crippen LogP contribution is -2.23. The number of nitrogens with zero attached hydrogens (tertiary/aromatic N) is 2. The first-order valence-electron chi connectivity index (χ1n) is 8.92. The lowest BCUT2D eigenvalue weighted by molar-refractivity contribution is -0.274. The highest BCUT2D eigenvalue weighted by Crippen LogP contribution is 2.30. The minimum atomic E-state index is -4.73. The third-order valence-electron chi connectivity index (χ3n) is 3.97. The summed E-state index contributed by atoms with van der Waals surface area (Å²) in [5, 5.41) is 9.54. The summed E-state index contributed by atoms with van der Waals surface area (Å²) >= 11 is 2.66. The Morgan fingerprint density at radius 1 is 1.23 bits per heavy atom. The van der Waals surface area contributed by atoms with E-state index in [2.05, 4.69) is 14.1 Å². The number of aromatic nitrogens is 2. The van der Waals surface area contributed by atoms with Crippen molar-refractivity contribution in [1.82, 2.24) is 9.36 Å². The average Bonchev–Trinajstić information content (AvgIpc) is 3.16. The fourth-order valence-electron chi connectivity index (χ4n) is 2.46. The van der Waals surface area contributed by atoms with Gasteiger partial charge >= 0.3 is 12.3 Å². The van der Waals surface area contributed by atoms with Gasteiger partial charge in [-0.15, -0.1) is 24.9 Å². The van der Waals surface area contributed by atoms with E-state index in [0.29, 0.717) is 27.9 Å². The molecule has 0 bridgehead atoms. The molecular weight excluding hydrogens is 453 g/mol. The number of thioether (sulfide) groups is 1. The van der Waals surface area contributed by atoms with Crippen LogP contribution in [0, 0.1) is 6.92 Å². The molecule has 1 atom stereocenters. The monoisotopic (exact) mass is 470 g/mol. The van der Waals surface area contributed by atoms with Gasteiger partial charge in [-0.2, -0.15) is 4.37 Å². The van der Waals surface area contributed by atoms with Gasteiger partial charge in [-0.05, 0) is 73.4 Å². The van der Waals surface area contributed by atoms with Gasteiger partial charge in [-0.1, -0.05) is 0 Å². The molecule has 31 heavy (non-hydrogen) atoms. The summed E-state index contributed by atoms with van der Waals surface area (Å²) in [4.78, 5) is 16.3. The summed E-state index contributed by atoms with van der Waals surface area (Å²) in [6.45, 7) is 3.30. The van der Waals surface area contributed by atoms with Crippen molar-refractivity contribution in [3.8, 4) is 22.1 Å². The van der Waals surface area contributed by atoms with Crippen molar-refractivity contribution < 1.29 is 32.5 Å². The number of aliphatic carboxylic acids is 1. The van der Waals surface area contributed by atoms with E-state index in [1.807, 2.05) is 19.1 Å². The molecule has 1 aromatic heterocycles. The van der Waals surface area contributed by atoms with Crippen LogP contribution in [0.5, 0.6) is 11.5 Å². The Labute approximate surface area is 184 Å². The van der Waals surface area contributed by atoms with E-state index in [4.69, 9.17) is 9.84 Å². The number of halogens is 3. The summed E-state index contributed by atoms with van der Waals surface area (Å²) in [5.74, 6) is 0.268. The normalized spacial score (nSPS) is 12.4. The van der Waals surface area contributed by atoms with Crippen LogP contribution in [0.2, 0.25) is 0 Å². The maximum absolute atomic E-state index is 12.3. The molecule has 1 heterocycles. The lowest BCUT2D eigenvalue weighted by atomic mass is 10.2. The van der Waals surface area contributed by atoms with Gasteiger partial charge < -0.3 is 14.6 Å². The molecule has 0 amide bonds. The van der Waals surface area contributed by atoms with Crippen LogP contribution >= 0.6 is 23.3 Å². The zero-order chi connectivity index (χ0) is 22.6. The van der Waals surface area contributed by atoms with Crippen LogP contribution in [-0.4, -0.2) is 32.9 Å². The number of aryl methyl sites for hydroxylation is 1. The maximum atomic E-state index is 12.3. The fourth-order valence-corrected chi connectivity index (χ4v) is 4.08. The highest BCUT2D eigenvalue weighted by Gasteiger charge is 2.31. The highest BCUT2D eigenvalue weighted by molar-refractivity contribution is 7.98. The number of hydrogen-bond donors (Lipinski definition) is 1. The van der Waals surface area contributed by atoms with E-state index in [-0.39, 0.29) is 5.75 Å². The van der Waals surface area contributed by atoms with Gasteiger partial charge in [0.05, 0.1) is 5.75 Å². The SMILES string of the molecule is Cc1cc(SCc2nsc(-c3ccc(OC(F)(F)F)cc3)n2)ccc1OC(C)C(=O)O. The molecule has 6 nitrogen and oxygen atoms in total. The van der Waals surface area contributed by atoms with Gasteiger partial charge in [0, 0.05) is 10.5 Å². The number of benzene rings is 2. The Balaban J connectivity index is 1.60. The molecule has 0 aliphatic heterocycles. The topological polar surface area (TPSA) is 81.5 Å². The van der Waals surface area contributed by atoms with Crippen molar-refractivity contribution >= 4 is 29.3 Å². The molecule has 1 N–H and O–H groups in total. The number of carbonyl (C=O) groups is 1. The molecule has 0 fully saturated rings. The number of ether oxygens (including phenoxy) is 2. The van der Waals surface area contributed by atoms with E-state index in [0.717, 1.165) is 22.0 Å². The summed E-state index contributed by atoms with van der Waals surface area (Å²) < 4.78 is 50.3. The summed E-state index contributed by atoms with van der Waals surface area (Å²) in [7, 11) is 0. The van der Waals surface area contributed by atoms with Crippen molar-refractivity contribution in [2.24, 2.45) is 0 Å². The van der Waals surface area contributed by atoms with Gasteiger partial charge in [0.15, 0.2) is 11.9 Å². The minimum Gasteiger partial charge on any atom is -0.479 e. The van der Waals surface area contributed by atoms with Crippen LogP contribution in [0.4, 0.5) is 13.2 Å². The average molecular weight is 470 g/mol. The van der Waals surface area contributed by atoms with Crippen LogP contribution < -0.4 is 9.47 Å². The van der Waals surface area contributed by atoms with Crippen molar-refractivity contribution in [3.05, 3.63) is 53.9 Å². The van der Waals surface area contributed by atoms with Crippen LogP contribution in [0.3, 0.4) is 0 Å².